The van der Waals surface area contributed by atoms with Crippen LogP contribution in [0, 0.1) is 10.1 Å². The third-order valence-corrected chi connectivity index (χ3v) is 7.65. The summed E-state index contributed by atoms with van der Waals surface area (Å²) < 4.78 is 58.3. The average Bonchev–Trinajstić information content (AvgIpc) is 2.83. The Morgan fingerprint density at radius 1 is 1.00 bits per heavy atom. The highest BCUT2D eigenvalue weighted by Crippen LogP contribution is 2.33. The van der Waals surface area contributed by atoms with Crippen LogP contribution in [0.4, 0.5) is 22.7 Å². The van der Waals surface area contributed by atoms with Gasteiger partial charge in [-0.3, -0.25) is 23.9 Å². The van der Waals surface area contributed by atoms with Gasteiger partial charge in [0, 0.05) is 28.5 Å². The Bertz CT molecular complexity index is 1530. The fraction of sp³-hybridized carbons (Fsp3) is 0.136. The van der Waals surface area contributed by atoms with Crippen LogP contribution in [-0.2, 0) is 24.8 Å². The second-order valence-corrected chi connectivity index (χ2v) is 11.6. The molecule has 0 aliphatic heterocycles. The number of hydrogen-bond acceptors (Lipinski definition) is 8. The number of benzene rings is 3. The zero-order valence-corrected chi connectivity index (χ0v) is 21.8. The van der Waals surface area contributed by atoms with E-state index in [4.69, 9.17) is 16.3 Å². The molecule has 0 heterocycles. The standard InChI is InChI=1S/C22H21ClN4O8S2/c1-35-21-12-9-18(27(29)30)13-20(21)26(36(2,31)32)14-22(28)24-16-7-10-19(11-8-16)37(33,34)25-17-5-3-15(23)4-6-17/h3-13,25H,14H2,1-2H3,(H,24,28). The summed E-state index contributed by atoms with van der Waals surface area (Å²) in [5.74, 6) is -0.777. The summed E-state index contributed by atoms with van der Waals surface area (Å²) in [4.78, 5) is 23.1. The minimum Gasteiger partial charge on any atom is -0.495 e. The van der Waals surface area contributed by atoms with E-state index in [0.29, 0.717) is 15.0 Å². The number of hydrogen-bond donors (Lipinski definition) is 2. The predicted molar refractivity (Wildman–Crippen MR) is 139 cm³/mol. The first-order valence-electron chi connectivity index (χ1n) is 10.3. The monoisotopic (exact) mass is 568 g/mol. The summed E-state index contributed by atoms with van der Waals surface area (Å²) in [6, 6.07) is 14.6. The number of sulfonamides is 2. The van der Waals surface area contributed by atoms with Gasteiger partial charge >= 0.3 is 0 Å². The van der Waals surface area contributed by atoms with Crippen molar-refractivity contribution in [2.75, 3.05) is 34.3 Å². The quantitative estimate of drug-likeness (QED) is 0.277. The summed E-state index contributed by atoms with van der Waals surface area (Å²) in [6.07, 6.45) is 0.839. The molecule has 0 aromatic heterocycles. The highest BCUT2D eigenvalue weighted by atomic mass is 35.5. The number of carbonyl (C=O) groups is 1. The third kappa shape index (κ3) is 7.09. The Kier molecular flexibility index (Phi) is 8.25. The van der Waals surface area contributed by atoms with Crippen molar-refractivity contribution in [2.45, 2.75) is 4.90 Å². The van der Waals surface area contributed by atoms with Crippen LogP contribution < -0.4 is 19.1 Å². The van der Waals surface area contributed by atoms with Gasteiger partial charge in [-0.15, -0.1) is 0 Å². The van der Waals surface area contributed by atoms with E-state index in [2.05, 4.69) is 10.0 Å². The SMILES string of the molecule is COc1ccc([N+](=O)[O-])cc1N(CC(=O)Nc1ccc(S(=O)(=O)Nc2ccc(Cl)cc2)cc1)S(C)(=O)=O. The minimum atomic E-state index is -4.06. The summed E-state index contributed by atoms with van der Waals surface area (Å²) in [7, 11) is -6.74. The first kappa shape index (κ1) is 27.7. The van der Waals surface area contributed by atoms with Crippen molar-refractivity contribution in [3.63, 3.8) is 0 Å². The van der Waals surface area contributed by atoms with Crippen molar-refractivity contribution >= 4 is 60.3 Å². The Hall–Kier alpha value is -3.88. The van der Waals surface area contributed by atoms with Crippen LogP contribution in [0.5, 0.6) is 5.75 Å². The average molecular weight is 569 g/mol. The molecular weight excluding hydrogens is 548 g/mol. The van der Waals surface area contributed by atoms with Crippen molar-refractivity contribution in [1.82, 2.24) is 0 Å². The van der Waals surface area contributed by atoms with E-state index in [1.165, 1.54) is 61.7 Å². The predicted octanol–water partition coefficient (Wildman–Crippen LogP) is 3.46. The Morgan fingerprint density at radius 2 is 1.59 bits per heavy atom. The topological polar surface area (TPSA) is 165 Å². The maximum Gasteiger partial charge on any atom is 0.271 e. The molecule has 0 fully saturated rings. The van der Waals surface area contributed by atoms with Crippen LogP contribution in [0.25, 0.3) is 0 Å². The Balaban J connectivity index is 1.78. The second kappa shape index (κ2) is 11.0. The molecule has 0 aliphatic rings. The van der Waals surface area contributed by atoms with E-state index in [0.717, 1.165) is 18.4 Å². The fourth-order valence-corrected chi connectivity index (χ4v) is 5.18. The van der Waals surface area contributed by atoms with Gasteiger partial charge in [0.05, 0.1) is 23.2 Å². The molecule has 0 saturated carbocycles. The van der Waals surface area contributed by atoms with Gasteiger partial charge in [0.1, 0.15) is 18.0 Å². The molecule has 0 radical (unpaired) electrons. The molecule has 2 N–H and O–H groups in total. The summed E-state index contributed by atoms with van der Waals surface area (Å²) in [6.45, 7) is -0.728. The van der Waals surface area contributed by atoms with E-state index >= 15 is 0 Å². The molecule has 3 rings (SSSR count). The van der Waals surface area contributed by atoms with Crippen molar-refractivity contribution in [3.8, 4) is 5.75 Å². The lowest BCUT2D eigenvalue weighted by Crippen LogP contribution is -2.37. The third-order valence-electron chi connectivity index (χ3n) is 4.87. The van der Waals surface area contributed by atoms with Gasteiger partial charge in [0.25, 0.3) is 15.7 Å². The van der Waals surface area contributed by atoms with Crippen molar-refractivity contribution in [3.05, 3.63) is 81.9 Å². The number of methoxy groups -OCH3 is 1. The van der Waals surface area contributed by atoms with E-state index in [9.17, 15) is 31.7 Å². The maximum atomic E-state index is 12.7. The smallest absolute Gasteiger partial charge is 0.271 e. The number of amides is 1. The summed E-state index contributed by atoms with van der Waals surface area (Å²) in [5, 5.41) is 14.1. The molecule has 0 aliphatic carbocycles. The largest absolute Gasteiger partial charge is 0.495 e. The maximum absolute atomic E-state index is 12.7. The van der Waals surface area contributed by atoms with Gasteiger partial charge in [-0.2, -0.15) is 0 Å². The number of nitrogens with zero attached hydrogens (tertiary/aromatic N) is 2. The van der Waals surface area contributed by atoms with Gasteiger partial charge in [-0.25, -0.2) is 16.8 Å². The Morgan fingerprint density at radius 3 is 2.14 bits per heavy atom. The second-order valence-electron chi connectivity index (χ2n) is 7.57. The lowest BCUT2D eigenvalue weighted by molar-refractivity contribution is -0.384. The fourth-order valence-electron chi connectivity index (χ4n) is 3.15. The zero-order valence-electron chi connectivity index (χ0n) is 19.4. The van der Waals surface area contributed by atoms with Crippen LogP contribution in [0.2, 0.25) is 5.02 Å². The number of nitrogens with one attached hydrogen (secondary N) is 2. The first-order valence-corrected chi connectivity index (χ1v) is 14.0. The molecule has 12 nitrogen and oxygen atoms in total. The number of non-ortho nitro benzene ring substituents is 1. The highest BCUT2D eigenvalue weighted by molar-refractivity contribution is 7.92. The summed E-state index contributed by atoms with van der Waals surface area (Å²) >= 11 is 5.80. The van der Waals surface area contributed by atoms with Crippen molar-refractivity contribution in [2.24, 2.45) is 0 Å². The number of rotatable bonds is 10. The molecular formula is C22H21ClN4O8S2. The Labute approximate surface area is 218 Å². The molecule has 0 unspecified atom stereocenters. The van der Waals surface area contributed by atoms with Crippen LogP contribution in [0.15, 0.2) is 71.6 Å². The van der Waals surface area contributed by atoms with Crippen LogP contribution in [0.3, 0.4) is 0 Å². The number of nitro benzene ring substituents is 1. The molecule has 15 heteroatoms. The molecule has 1 amide bonds. The van der Waals surface area contributed by atoms with Gasteiger partial charge in [0.15, 0.2) is 0 Å². The number of nitro groups is 1. The number of anilines is 3. The van der Waals surface area contributed by atoms with Gasteiger partial charge in [0.2, 0.25) is 15.9 Å². The normalized spacial score (nSPS) is 11.4. The lowest BCUT2D eigenvalue weighted by atomic mass is 10.2. The molecule has 0 saturated heterocycles. The number of ether oxygens (including phenoxy) is 1. The number of carbonyl (C=O) groups excluding carboxylic acids is 1. The molecule has 196 valence electrons. The molecule has 3 aromatic rings. The lowest BCUT2D eigenvalue weighted by Gasteiger charge is -2.23. The van der Waals surface area contributed by atoms with Gasteiger partial charge in [-0.1, -0.05) is 11.6 Å². The summed E-state index contributed by atoms with van der Waals surface area (Å²) in [5.41, 5.74) is -0.0907. The number of halogens is 1. The molecule has 37 heavy (non-hydrogen) atoms. The van der Waals surface area contributed by atoms with E-state index in [1.54, 1.807) is 0 Å². The van der Waals surface area contributed by atoms with Crippen molar-refractivity contribution < 1.29 is 31.3 Å². The minimum absolute atomic E-state index is 0.00609. The van der Waals surface area contributed by atoms with Crippen LogP contribution in [0.1, 0.15) is 0 Å². The van der Waals surface area contributed by atoms with Gasteiger partial charge in [-0.05, 0) is 54.6 Å². The van der Waals surface area contributed by atoms with E-state index in [1.807, 2.05) is 0 Å². The first-order chi connectivity index (χ1) is 17.3. The highest BCUT2D eigenvalue weighted by Gasteiger charge is 2.26. The molecule has 0 spiro atoms. The zero-order chi connectivity index (χ0) is 27.4. The van der Waals surface area contributed by atoms with E-state index in [-0.39, 0.29) is 22.0 Å². The van der Waals surface area contributed by atoms with Crippen molar-refractivity contribution in [1.29, 1.82) is 0 Å². The van der Waals surface area contributed by atoms with Crippen LogP contribution >= 0.6 is 11.6 Å². The van der Waals surface area contributed by atoms with Gasteiger partial charge < -0.3 is 10.1 Å². The van der Waals surface area contributed by atoms with E-state index < -0.39 is 43.1 Å². The molecule has 3 aromatic carbocycles. The van der Waals surface area contributed by atoms with Crippen LogP contribution in [-0.4, -0.2) is 47.6 Å². The molecule has 0 atom stereocenters. The molecule has 0 bridgehead atoms.